The second-order valence-corrected chi connectivity index (χ2v) is 7.82. The van der Waals surface area contributed by atoms with E-state index in [1.54, 1.807) is 0 Å². The number of aromatic nitrogens is 2. The van der Waals surface area contributed by atoms with Crippen LogP contribution in [0.15, 0.2) is 24.3 Å². The second-order valence-electron chi connectivity index (χ2n) is 7.82. The molecule has 1 aromatic heterocycles. The van der Waals surface area contributed by atoms with Crippen LogP contribution in [-0.4, -0.2) is 34.2 Å². The fraction of sp³-hybridized carbons (Fsp3) is 0.455. The molecule has 1 heterocycles. The van der Waals surface area contributed by atoms with Crippen molar-refractivity contribution in [3.8, 4) is 11.8 Å². The van der Waals surface area contributed by atoms with Gasteiger partial charge in [-0.3, -0.25) is 9.59 Å². The lowest BCUT2D eigenvalue weighted by molar-refractivity contribution is -0.129. The highest BCUT2D eigenvalue weighted by Gasteiger charge is 2.31. The van der Waals surface area contributed by atoms with Gasteiger partial charge in [0, 0.05) is 13.5 Å². The summed E-state index contributed by atoms with van der Waals surface area (Å²) in [7, 11) is 0. The van der Waals surface area contributed by atoms with E-state index in [-0.39, 0.29) is 34.9 Å². The summed E-state index contributed by atoms with van der Waals surface area (Å²) in [4.78, 5) is 24.1. The standard InChI is InChI=1S/C22H27FN6O2/c1-14(30)27-20(15-5-2-3-6-15)22(31)26-12-4-7-19-18(13-24)21(25)29(28-19)17-10-8-16(23)9-11-17/h8-11,15,20H,2-7,12,25H2,1H3,(H,26,31)(H,27,30). The molecular weight excluding hydrogens is 399 g/mol. The van der Waals surface area contributed by atoms with Gasteiger partial charge in [0.1, 0.15) is 29.3 Å². The van der Waals surface area contributed by atoms with E-state index in [9.17, 15) is 19.2 Å². The van der Waals surface area contributed by atoms with Crippen LogP contribution in [0.25, 0.3) is 5.69 Å². The monoisotopic (exact) mass is 426 g/mol. The zero-order valence-corrected chi connectivity index (χ0v) is 17.5. The third-order valence-corrected chi connectivity index (χ3v) is 5.58. The lowest BCUT2D eigenvalue weighted by Gasteiger charge is -2.23. The molecule has 31 heavy (non-hydrogen) atoms. The van der Waals surface area contributed by atoms with Gasteiger partial charge in [-0.1, -0.05) is 12.8 Å². The molecular formula is C22H27FN6O2. The van der Waals surface area contributed by atoms with Crippen molar-refractivity contribution in [2.75, 3.05) is 12.3 Å². The van der Waals surface area contributed by atoms with E-state index in [4.69, 9.17) is 5.73 Å². The number of nitriles is 1. The SMILES string of the molecule is CC(=O)NC(C(=O)NCCCc1nn(-c2ccc(F)cc2)c(N)c1C#N)C1CCCC1. The maximum absolute atomic E-state index is 13.2. The molecule has 0 saturated heterocycles. The van der Waals surface area contributed by atoms with Gasteiger partial charge in [0.05, 0.1) is 11.4 Å². The molecule has 1 aromatic carbocycles. The highest BCUT2D eigenvalue weighted by Crippen LogP contribution is 2.28. The normalized spacial score (nSPS) is 14.7. The number of hydrogen-bond acceptors (Lipinski definition) is 5. The second kappa shape index (κ2) is 10.1. The summed E-state index contributed by atoms with van der Waals surface area (Å²) in [5.74, 6) is -0.409. The Morgan fingerprint density at radius 3 is 2.61 bits per heavy atom. The molecule has 9 heteroatoms. The summed E-state index contributed by atoms with van der Waals surface area (Å²) in [6.45, 7) is 1.80. The predicted molar refractivity (Wildman–Crippen MR) is 114 cm³/mol. The highest BCUT2D eigenvalue weighted by atomic mass is 19.1. The molecule has 164 valence electrons. The van der Waals surface area contributed by atoms with Crippen LogP contribution in [0.3, 0.4) is 0 Å². The van der Waals surface area contributed by atoms with Crippen molar-refractivity contribution in [2.24, 2.45) is 5.92 Å². The molecule has 2 amide bonds. The molecule has 2 aromatic rings. The van der Waals surface area contributed by atoms with Gasteiger partial charge in [0.25, 0.3) is 0 Å². The summed E-state index contributed by atoms with van der Waals surface area (Å²) < 4.78 is 14.6. The van der Waals surface area contributed by atoms with Crippen molar-refractivity contribution in [3.63, 3.8) is 0 Å². The number of benzene rings is 1. The first kappa shape index (κ1) is 22.3. The molecule has 1 atom stereocenters. The van der Waals surface area contributed by atoms with Gasteiger partial charge in [-0.2, -0.15) is 10.4 Å². The zero-order chi connectivity index (χ0) is 22.4. The van der Waals surface area contributed by atoms with Crippen LogP contribution < -0.4 is 16.4 Å². The molecule has 3 rings (SSSR count). The van der Waals surface area contributed by atoms with Crippen LogP contribution in [0.1, 0.15) is 50.3 Å². The number of halogens is 1. The Bertz CT molecular complexity index is 973. The number of rotatable bonds is 8. The Kier molecular flexibility index (Phi) is 7.23. The molecule has 0 radical (unpaired) electrons. The minimum atomic E-state index is -0.511. The largest absolute Gasteiger partial charge is 0.382 e. The Morgan fingerprint density at radius 1 is 1.32 bits per heavy atom. The Morgan fingerprint density at radius 2 is 2.00 bits per heavy atom. The minimum Gasteiger partial charge on any atom is -0.382 e. The summed E-state index contributed by atoms with van der Waals surface area (Å²) in [5, 5.41) is 19.6. The summed E-state index contributed by atoms with van der Waals surface area (Å²) in [6, 6.07) is 7.24. The van der Waals surface area contributed by atoms with Crippen LogP contribution in [0.4, 0.5) is 10.2 Å². The topological polar surface area (TPSA) is 126 Å². The molecule has 4 N–H and O–H groups in total. The van der Waals surface area contributed by atoms with Gasteiger partial charge >= 0.3 is 0 Å². The van der Waals surface area contributed by atoms with E-state index >= 15 is 0 Å². The molecule has 1 aliphatic carbocycles. The first-order valence-corrected chi connectivity index (χ1v) is 10.5. The average Bonchev–Trinajstić information content (AvgIpc) is 3.38. The maximum Gasteiger partial charge on any atom is 0.242 e. The van der Waals surface area contributed by atoms with Crippen LogP contribution in [0.5, 0.6) is 0 Å². The Labute approximate surface area is 180 Å². The minimum absolute atomic E-state index is 0.167. The molecule has 1 aliphatic rings. The molecule has 0 bridgehead atoms. The third kappa shape index (κ3) is 5.40. The number of nitrogen functional groups attached to an aromatic ring is 1. The number of carbonyl (C=O) groups is 2. The lowest BCUT2D eigenvalue weighted by Crippen LogP contribution is -2.50. The number of amides is 2. The third-order valence-electron chi connectivity index (χ3n) is 5.58. The van der Waals surface area contributed by atoms with Gasteiger partial charge in [0.2, 0.25) is 11.8 Å². The number of hydrogen-bond donors (Lipinski definition) is 3. The van der Waals surface area contributed by atoms with Crippen LogP contribution in [0, 0.1) is 23.1 Å². The van der Waals surface area contributed by atoms with E-state index in [1.807, 2.05) is 0 Å². The summed E-state index contributed by atoms with van der Waals surface area (Å²) in [6.07, 6.45) is 5.01. The predicted octanol–water partition coefficient (Wildman–Crippen LogP) is 2.21. The van der Waals surface area contributed by atoms with Gasteiger partial charge in [-0.25, -0.2) is 9.07 Å². The van der Waals surface area contributed by atoms with Crippen molar-refractivity contribution in [1.82, 2.24) is 20.4 Å². The van der Waals surface area contributed by atoms with E-state index in [0.29, 0.717) is 30.8 Å². The zero-order valence-electron chi connectivity index (χ0n) is 17.5. The first-order chi connectivity index (χ1) is 14.9. The summed E-state index contributed by atoms with van der Waals surface area (Å²) >= 11 is 0. The van der Waals surface area contributed by atoms with E-state index in [1.165, 1.54) is 35.9 Å². The number of carbonyl (C=O) groups excluding carboxylic acids is 2. The summed E-state index contributed by atoms with van der Waals surface area (Å²) in [5.41, 5.74) is 7.42. The highest BCUT2D eigenvalue weighted by molar-refractivity contribution is 5.87. The van der Waals surface area contributed by atoms with Crippen molar-refractivity contribution in [1.29, 1.82) is 5.26 Å². The van der Waals surface area contributed by atoms with Gasteiger partial charge in [-0.15, -0.1) is 0 Å². The van der Waals surface area contributed by atoms with Crippen LogP contribution >= 0.6 is 0 Å². The number of anilines is 1. The van der Waals surface area contributed by atoms with Gasteiger partial charge in [0.15, 0.2) is 0 Å². The first-order valence-electron chi connectivity index (χ1n) is 10.5. The number of nitrogens with zero attached hydrogens (tertiary/aromatic N) is 3. The van der Waals surface area contributed by atoms with Crippen molar-refractivity contribution in [2.45, 2.75) is 51.5 Å². The fourth-order valence-electron chi connectivity index (χ4n) is 4.04. The van der Waals surface area contributed by atoms with Crippen molar-refractivity contribution < 1.29 is 14.0 Å². The molecule has 0 aliphatic heterocycles. The van der Waals surface area contributed by atoms with Crippen LogP contribution in [0.2, 0.25) is 0 Å². The van der Waals surface area contributed by atoms with E-state index in [2.05, 4.69) is 21.8 Å². The molecule has 8 nitrogen and oxygen atoms in total. The Balaban J connectivity index is 1.60. The molecule has 1 fully saturated rings. The van der Waals surface area contributed by atoms with E-state index in [0.717, 1.165) is 25.7 Å². The van der Waals surface area contributed by atoms with Crippen molar-refractivity contribution >= 4 is 17.6 Å². The number of aryl methyl sites for hydroxylation is 1. The lowest BCUT2D eigenvalue weighted by atomic mass is 9.97. The van der Waals surface area contributed by atoms with Crippen molar-refractivity contribution in [3.05, 3.63) is 41.3 Å². The molecule has 1 unspecified atom stereocenters. The molecule has 0 spiro atoms. The number of nitrogens with one attached hydrogen (secondary N) is 2. The van der Waals surface area contributed by atoms with Gasteiger partial charge in [-0.05, 0) is 55.9 Å². The van der Waals surface area contributed by atoms with E-state index < -0.39 is 6.04 Å². The Hall–Kier alpha value is -3.41. The number of nitrogens with two attached hydrogens (primary N) is 1. The molecule has 1 saturated carbocycles. The van der Waals surface area contributed by atoms with Gasteiger partial charge < -0.3 is 16.4 Å². The maximum atomic E-state index is 13.2. The fourth-order valence-corrected chi connectivity index (χ4v) is 4.04. The average molecular weight is 426 g/mol. The van der Waals surface area contributed by atoms with Crippen LogP contribution in [-0.2, 0) is 16.0 Å². The quantitative estimate of drug-likeness (QED) is 0.558. The smallest absolute Gasteiger partial charge is 0.242 e.